The summed E-state index contributed by atoms with van der Waals surface area (Å²) in [6.45, 7) is 6.08. The Hall–Kier alpha value is -2.20. The number of pyridine rings is 1. The molecule has 0 saturated carbocycles. The molecular weight excluding hydrogens is 264 g/mol. The van der Waals surface area contributed by atoms with Crippen LogP contribution in [0, 0.1) is 0 Å². The monoisotopic (exact) mass is 284 g/mol. The molecule has 0 aliphatic rings. The molecule has 2 aromatic rings. The molecule has 1 amide bonds. The minimum atomic E-state index is -0.411. The van der Waals surface area contributed by atoms with Crippen LogP contribution < -0.4 is 0 Å². The first-order valence-corrected chi connectivity index (χ1v) is 6.88. The van der Waals surface area contributed by atoms with Crippen molar-refractivity contribution in [2.45, 2.75) is 32.9 Å². The Morgan fingerprint density at radius 1 is 1.14 bits per heavy atom. The van der Waals surface area contributed by atoms with Gasteiger partial charge < -0.3 is 0 Å². The SMILES string of the molecule is CC(C)(C)ON(C=O)Cc1cncc(-c2ccccc2)c1. The van der Waals surface area contributed by atoms with Crippen molar-refractivity contribution in [1.82, 2.24) is 10.0 Å². The van der Waals surface area contributed by atoms with Gasteiger partial charge in [0.25, 0.3) is 0 Å². The van der Waals surface area contributed by atoms with E-state index in [1.54, 1.807) is 6.20 Å². The van der Waals surface area contributed by atoms with Crippen LogP contribution in [0.3, 0.4) is 0 Å². The summed E-state index contributed by atoms with van der Waals surface area (Å²) >= 11 is 0. The normalized spacial score (nSPS) is 11.2. The number of carbonyl (C=O) groups is 1. The highest BCUT2D eigenvalue weighted by Gasteiger charge is 2.16. The number of hydroxylamine groups is 2. The Morgan fingerprint density at radius 2 is 1.86 bits per heavy atom. The lowest BCUT2D eigenvalue weighted by Gasteiger charge is -2.26. The molecule has 0 aliphatic carbocycles. The average Bonchev–Trinajstić information content (AvgIpc) is 2.46. The van der Waals surface area contributed by atoms with Crippen molar-refractivity contribution in [3.8, 4) is 11.1 Å². The van der Waals surface area contributed by atoms with Crippen molar-refractivity contribution >= 4 is 6.41 Å². The lowest BCUT2D eigenvalue weighted by Crippen LogP contribution is -2.32. The molecule has 0 N–H and O–H groups in total. The molecular formula is C17H20N2O2. The number of hydrogen-bond acceptors (Lipinski definition) is 3. The number of carbonyl (C=O) groups excluding carboxylic acids is 1. The van der Waals surface area contributed by atoms with Crippen molar-refractivity contribution in [3.05, 3.63) is 54.4 Å². The molecule has 4 nitrogen and oxygen atoms in total. The molecule has 0 radical (unpaired) electrons. The number of nitrogens with zero attached hydrogens (tertiary/aromatic N) is 2. The molecule has 1 aromatic heterocycles. The molecule has 110 valence electrons. The van der Waals surface area contributed by atoms with E-state index < -0.39 is 5.60 Å². The van der Waals surface area contributed by atoms with Crippen LogP contribution in [-0.4, -0.2) is 22.1 Å². The second kappa shape index (κ2) is 6.50. The minimum Gasteiger partial charge on any atom is -0.276 e. The van der Waals surface area contributed by atoms with E-state index in [2.05, 4.69) is 4.98 Å². The van der Waals surface area contributed by atoms with Gasteiger partial charge in [-0.15, -0.1) is 0 Å². The predicted octanol–water partition coefficient (Wildman–Crippen LogP) is 3.44. The number of hydrogen-bond donors (Lipinski definition) is 0. The Morgan fingerprint density at radius 3 is 2.48 bits per heavy atom. The van der Waals surface area contributed by atoms with Crippen molar-refractivity contribution in [2.24, 2.45) is 0 Å². The van der Waals surface area contributed by atoms with E-state index in [0.29, 0.717) is 13.0 Å². The Kier molecular flexibility index (Phi) is 4.70. The molecule has 0 fully saturated rings. The average molecular weight is 284 g/mol. The highest BCUT2D eigenvalue weighted by atomic mass is 16.7. The van der Waals surface area contributed by atoms with Gasteiger partial charge in [0.15, 0.2) is 0 Å². The summed E-state index contributed by atoms with van der Waals surface area (Å²) in [5, 5.41) is 1.30. The van der Waals surface area contributed by atoms with Crippen LogP contribution >= 0.6 is 0 Å². The maximum atomic E-state index is 11.1. The highest BCUT2D eigenvalue weighted by molar-refractivity contribution is 5.62. The van der Waals surface area contributed by atoms with Crippen molar-refractivity contribution in [2.75, 3.05) is 0 Å². The fourth-order valence-electron chi connectivity index (χ4n) is 1.99. The minimum absolute atomic E-state index is 0.369. The van der Waals surface area contributed by atoms with Crippen LogP contribution in [0.15, 0.2) is 48.8 Å². The Bertz CT molecular complexity index is 591. The molecule has 2 rings (SSSR count). The van der Waals surface area contributed by atoms with Crippen LogP contribution in [0.2, 0.25) is 0 Å². The van der Waals surface area contributed by atoms with E-state index in [1.807, 2.05) is 63.4 Å². The molecule has 1 heterocycles. The van der Waals surface area contributed by atoms with Gasteiger partial charge in [-0.3, -0.25) is 14.6 Å². The van der Waals surface area contributed by atoms with Crippen molar-refractivity contribution in [1.29, 1.82) is 0 Å². The van der Waals surface area contributed by atoms with Gasteiger partial charge in [0, 0.05) is 18.0 Å². The van der Waals surface area contributed by atoms with Crippen LogP contribution in [-0.2, 0) is 16.2 Å². The van der Waals surface area contributed by atoms with Gasteiger partial charge >= 0.3 is 0 Å². The molecule has 21 heavy (non-hydrogen) atoms. The van der Waals surface area contributed by atoms with Gasteiger partial charge in [-0.25, -0.2) is 5.06 Å². The highest BCUT2D eigenvalue weighted by Crippen LogP contribution is 2.20. The standard InChI is InChI=1S/C17H20N2O2/c1-17(2,3)21-19(13-20)12-14-9-16(11-18-10-14)15-7-5-4-6-8-15/h4-11,13H,12H2,1-3H3. The summed E-state index contributed by atoms with van der Waals surface area (Å²) < 4.78 is 0. The fourth-order valence-corrected chi connectivity index (χ4v) is 1.99. The van der Waals surface area contributed by atoms with Gasteiger partial charge in [0.1, 0.15) is 0 Å². The Balaban J connectivity index is 2.16. The van der Waals surface area contributed by atoms with Crippen molar-refractivity contribution in [3.63, 3.8) is 0 Å². The van der Waals surface area contributed by atoms with Gasteiger partial charge in [0.2, 0.25) is 6.41 Å². The van der Waals surface area contributed by atoms with E-state index in [0.717, 1.165) is 16.7 Å². The lowest BCUT2D eigenvalue weighted by molar-refractivity contribution is -0.220. The summed E-state index contributed by atoms with van der Waals surface area (Å²) in [7, 11) is 0. The van der Waals surface area contributed by atoms with E-state index in [9.17, 15) is 4.79 Å². The third-order valence-corrected chi connectivity index (χ3v) is 2.75. The summed E-state index contributed by atoms with van der Waals surface area (Å²) in [4.78, 5) is 20.9. The zero-order valence-corrected chi connectivity index (χ0v) is 12.6. The second-order valence-corrected chi connectivity index (χ2v) is 5.83. The summed E-state index contributed by atoms with van der Waals surface area (Å²) in [5.41, 5.74) is 2.63. The third kappa shape index (κ3) is 4.68. The third-order valence-electron chi connectivity index (χ3n) is 2.75. The summed E-state index contributed by atoms with van der Waals surface area (Å²) in [6, 6.07) is 12.0. The van der Waals surface area contributed by atoms with Crippen LogP contribution in [0.1, 0.15) is 26.3 Å². The molecule has 0 unspecified atom stereocenters. The largest absolute Gasteiger partial charge is 0.276 e. The maximum Gasteiger partial charge on any atom is 0.233 e. The smallest absolute Gasteiger partial charge is 0.233 e. The predicted molar refractivity (Wildman–Crippen MR) is 82.1 cm³/mol. The van der Waals surface area contributed by atoms with Crippen molar-refractivity contribution < 1.29 is 9.63 Å². The first-order valence-electron chi connectivity index (χ1n) is 6.88. The first kappa shape index (κ1) is 15.2. The fraction of sp³-hybridized carbons (Fsp3) is 0.294. The van der Waals surface area contributed by atoms with Gasteiger partial charge in [-0.1, -0.05) is 30.3 Å². The van der Waals surface area contributed by atoms with E-state index in [4.69, 9.17) is 4.84 Å². The molecule has 0 aliphatic heterocycles. The molecule has 0 bridgehead atoms. The second-order valence-electron chi connectivity index (χ2n) is 5.83. The van der Waals surface area contributed by atoms with Gasteiger partial charge in [0.05, 0.1) is 12.1 Å². The molecule has 0 spiro atoms. The summed E-state index contributed by atoms with van der Waals surface area (Å²) in [6.07, 6.45) is 4.25. The van der Waals surface area contributed by atoms with E-state index >= 15 is 0 Å². The number of amides is 1. The number of aromatic nitrogens is 1. The van der Waals surface area contributed by atoms with E-state index in [-0.39, 0.29) is 0 Å². The number of rotatable bonds is 5. The Labute approximate surface area is 125 Å². The molecule has 1 aromatic carbocycles. The maximum absolute atomic E-state index is 11.1. The molecule has 0 atom stereocenters. The molecule has 4 heteroatoms. The number of benzene rings is 1. The summed E-state index contributed by atoms with van der Waals surface area (Å²) in [5.74, 6) is 0. The topological polar surface area (TPSA) is 42.4 Å². The molecule has 0 saturated heterocycles. The van der Waals surface area contributed by atoms with Gasteiger partial charge in [-0.05, 0) is 38.0 Å². The zero-order valence-electron chi connectivity index (χ0n) is 12.6. The quantitative estimate of drug-likeness (QED) is 0.624. The van der Waals surface area contributed by atoms with Crippen LogP contribution in [0.4, 0.5) is 0 Å². The lowest BCUT2D eigenvalue weighted by atomic mass is 10.1. The van der Waals surface area contributed by atoms with Gasteiger partial charge in [-0.2, -0.15) is 0 Å². The first-order chi connectivity index (χ1) is 9.98. The van der Waals surface area contributed by atoms with Crippen LogP contribution in [0.25, 0.3) is 11.1 Å². The van der Waals surface area contributed by atoms with Crippen LogP contribution in [0.5, 0.6) is 0 Å². The van der Waals surface area contributed by atoms with E-state index in [1.165, 1.54) is 5.06 Å². The zero-order chi connectivity index (χ0) is 15.3.